The summed E-state index contributed by atoms with van der Waals surface area (Å²) in [6.45, 7) is 19.5. The monoisotopic (exact) mass is 579 g/mol. The summed E-state index contributed by atoms with van der Waals surface area (Å²) in [7, 11) is 0. The minimum absolute atomic E-state index is 0. The van der Waals surface area contributed by atoms with Crippen LogP contribution < -0.4 is 43.4 Å². The number of quaternary nitrogens is 1. The minimum Gasteiger partial charge on any atom is -1.00 e. The van der Waals surface area contributed by atoms with E-state index in [-0.39, 0.29) is 34.0 Å². The normalized spacial score (nSPS) is 11.4. The van der Waals surface area contributed by atoms with E-state index in [2.05, 4.69) is 117 Å². The molecule has 0 amide bonds. The van der Waals surface area contributed by atoms with Gasteiger partial charge in [-0.3, -0.25) is 0 Å². The van der Waals surface area contributed by atoms with Crippen molar-refractivity contribution in [1.82, 2.24) is 0 Å². The molecule has 0 spiro atoms. The van der Waals surface area contributed by atoms with Gasteiger partial charge in [-0.25, -0.2) is 4.57 Å². The number of pyridine rings is 1. The van der Waals surface area contributed by atoms with Crippen LogP contribution in [0.15, 0.2) is 60.9 Å². The van der Waals surface area contributed by atoms with Crippen LogP contribution in [-0.2, 0) is 6.54 Å². The molecule has 5 heteroatoms. The van der Waals surface area contributed by atoms with E-state index < -0.39 is 0 Å². The maximum absolute atomic E-state index is 2.36. The first kappa shape index (κ1) is 31.6. The lowest BCUT2D eigenvalue weighted by molar-refractivity contribution is -0.925. The molecule has 1 aromatic heterocycles. The van der Waals surface area contributed by atoms with Crippen LogP contribution in [0.25, 0.3) is 12.2 Å². The summed E-state index contributed by atoms with van der Waals surface area (Å²) in [5.41, 5.74) is 3.75. The Hall–Kier alpha value is -1.43. The van der Waals surface area contributed by atoms with Crippen molar-refractivity contribution in [2.24, 2.45) is 0 Å². The number of aryl methyl sites for hydroxylation is 1. The lowest BCUT2D eigenvalue weighted by Gasteiger charge is -2.35. The highest BCUT2D eigenvalue weighted by Gasteiger charge is 2.20. The fourth-order valence-corrected chi connectivity index (χ4v) is 4.18. The number of aromatic nitrogens is 1. The summed E-state index contributed by atoms with van der Waals surface area (Å²) in [5.74, 6) is 0. The topological polar surface area (TPSA) is 7.12 Å². The Morgan fingerprint density at radius 2 is 1.21 bits per heavy atom. The minimum atomic E-state index is 0. The van der Waals surface area contributed by atoms with E-state index in [1.165, 1.54) is 53.9 Å². The van der Waals surface area contributed by atoms with Gasteiger partial charge in [0.1, 0.15) is 0 Å². The van der Waals surface area contributed by atoms with Crippen LogP contribution in [0.2, 0.25) is 0 Å². The van der Waals surface area contributed by atoms with E-state index in [4.69, 9.17) is 0 Å². The zero-order chi connectivity index (χ0) is 22.5. The Morgan fingerprint density at radius 1 is 0.727 bits per heavy atom. The Balaban J connectivity index is 0.00000512. The number of allylic oxidation sites excluding steroid dienone is 2. The maximum Gasteiger partial charge on any atom is 0.169 e. The van der Waals surface area contributed by atoms with Gasteiger partial charge >= 0.3 is 0 Å². The van der Waals surface area contributed by atoms with Crippen LogP contribution in [0.4, 0.5) is 5.69 Å². The number of rotatable bonds is 13. The van der Waals surface area contributed by atoms with Gasteiger partial charge in [0.15, 0.2) is 18.9 Å². The van der Waals surface area contributed by atoms with Crippen molar-refractivity contribution in [3.8, 4) is 0 Å². The molecule has 0 unspecified atom stereocenters. The third-order valence-corrected chi connectivity index (χ3v) is 6.69. The lowest BCUT2D eigenvalue weighted by atomic mass is 10.1. The average Bonchev–Trinajstić information content (AvgIpc) is 2.82. The molecule has 1 aromatic carbocycles. The molecule has 0 aliphatic carbocycles. The van der Waals surface area contributed by atoms with Crippen molar-refractivity contribution < 1.29 is 43.0 Å². The predicted octanol–water partition coefficient (Wildman–Crippen LogP) is -0.178. The smallest absolute Gasteiger partial charge is 0.169 e. The molecule has 2 rings (SSSR count). The van der Waals surface area contributed by atoms with Gasteiger partial charge in [-0.2, -0.15) is 0 Å². The van der Waals surface area contributed by atoms with Crippen molar-refractivity contribution in [2.75, 3.05) is 44.2 Å². The Labute approximate surface area is 223 Å². The zero-order valence-electron chi connectivity index (χ0n) is 21.2. The summed E-state index contributed by atoms with van der Waals surface area (Å²) < 4.78 is 3.53. The lowest BCUT2D eigenvalue weighted by Crippen LogP contribution is -3.00. The van der Waals surface area contributed by atoms with E-state index >= 15 is 0 Å². The Morgan fingerprint density at radius 3 is 1.67 bits per heavy atom. The fraction of sp³-hybridized carbons (Fsp3) is 0.464. The van der Waals surface area contributed by atoms with E-state index in [1.807, 2.05) is 0 Å². The van der Waals surface area contributed by atoms with Crippen LogP contribution >= 0.6 is 0 Å². The van der Waals surface area contributed by atoms with Crippen molar-refractivity contribution in [3.05, 3.63) is 72.1 Å². The number of anilines is 1. The molecule has 0 aliphatic rings. The molecule has 0 radical (unpaired) electrons. The molecule has 33 heavy (non-hydrogen) atoms. The first-order chi connectivity index (χ1) is 15.1. The highest BCUT2D eigenvalue weighted by molar-refractivity contribution is 5.59. The van der Waals surface area contributed by atoms with Crippen LogP contribution in [0.3, 0.4) is 0 Å². The quantitative estimate of drug-likeness (QED) is 0.181. The standard InChI is InChI=1S/C28H43N3.2BrH/c1-6-30(7-2)28-18-16-26(17-19-28)14-11-12-15-27-20-23-29(24-21-27)22-13-25-31(8-3,9-4)10-5;;/h11-12,14-21,23-24H,6-10,13,22,25H2,1-5H3;2*1H/q+2;;/p-2. The van der Waals surface area contributed by atoms with Gasteiger partial charge in [0.25, 0.3) is 0 Å². The summed E-state index contributed by atoms with van der Waals surface area (Å²) in [4.78, 5) is 2.36. The van der Waals surface area contributed by atoms with E-state index in [9.17, 15) is 0 Å². The number of hydrogen-bond acceptors (Lipinski definition) is 1. The largest absolute Gasteiger partial charge is 1.00 e. The van der Waals surface area contributed by atoms with Crippen molar-refractivity contribution >= 4 is 17.8 Å². The van der Waals surface area contributed by atoms with Crippen molar-refractivity contribution in [2.45, 2.75) is 47.6 Å². The Bertz CT molecular complexity index is 798. The van der Waals surface area contributed by atoms with Gasteiger partial charge < -0.3 is 43.3 Å². The number of benzene rings is 1. The number of hydrogen-bond donors (Lipinski definition) is 0. The summed E-state index contributed by atoms with van der Waals surface area (Å²) in [6.07, 6.45) is 14.2. The van der Waals surface area contributed by atoms with E-state index in [0.29, 0.717) is 0 Å². The number of halogens is 2. The van der Waals surface area contributed by atoms with Gasteiger partial charge in [0, 0.05) is 30.9 Å². The van der Waals surface area contributed by atoms with Gasteiger partial charge in [0.2, 0.25) is 0 Å². The summed E-state index contributed by atoms with van der Waals surface area (Å²) >= 11 is 0. The molecule has 184 valence electrons. The fourth-order valence-electron chi connectivity index (χ4n) is 4.18. The summed E-state index contributed by atoms with van der Waals surface area (Å²) in [6, 6.07) is 13.2. The van der Waals surface area contributed by atoms with Gasteiger partial charge in [-0.1, -0.05) is 36.4 Å². The third kappa shape index (κ3) is 10.2. The molecular weight excluding hydrogens is 538 g/mol. The highest BCUT2D eigenvalue weighted by Crippen LogP contribution is 2.15. The molecule has 0 N–H and O–H groups in total. The molecule has 3 nitrogen and oxygen atoms in total. The number of nitrogens with zero attached hydrogens (tertiary/aromatic N) is 3. The van der Waals surface area contributed by atoms with Crippen LogP contribution in [-0.4, -0.2) is 43.8 Å². The molecule has 0 fully saturated rings. The second-order valence-corrected chi connectivity index (χ2v) is 8.22. The second kappa shape index (κ2) is 17.1. The third-order valence-electron chi connectivity index (χ3n) is 6.69. The van der Waals surface area contributed by atoms with Gasteiger partial charge in [-0.15, -0.1) is 0 Å². The molecule has 0 saturated heterocycles. The van der Waals surface area contributed by atoms with Crippen molar-refractivity contribution in [3.63, 3.8) is 0 Å². The average molecular weight is 581 g/mol. The maximum atomic E-state index is 2.36. The van der Waals surface area contributed by atoms with Gasteiger partial charge in [0.05, 0.1) is 32.6 Å². The highest BCUT2D eigenvalue weighted by atomic mass is 79.9. The first-order valence-electron chi connectivity index (χ1n) is 12.1. The molecule has 0 bridgehead atoms. The van der Waals surface area contributed by atoms with Crippen LogP contribution in [0.1, 0.15) is 52.2 Å². The van der Waals surface area contributed by atoms with Crippen molar-refractivity contribution in [1.29, 1.82) is 0 Å². The van der Waals surface area contributed by atoms with Crippen LogP contribution in [0.5, 0.6) is 0 Å². The molecule has 2 aromatic rings. The van der Waals surface area contributed by atoms with Gasteiger partial charge in [-0.05, 0) is 57.9 Å². The second-order valence-electron chi connectivity index (χ2n) is 8.22. The first-order valence-corrected chi connectivity index (χ1v) is 12.1. The van der Waals surface area contributed by atoms with E-state index in [1.54, 1.807) is 0 Å². The molecular formula is C28H43Br2N3. The molecule has 1 heterocycles. The summed E-state index contributed by atoms with van der Waals surface area (Å²) in [5, 5.41) is 0. The van der Waals surface area contributed by atoms with Crippen LogP contribution in [0, 0.1) is 0 Å². The Kier molecular flexibility index (Phi) is 16.3. The zero-order valence-corrected chi connectivity index (χ0v) is 24.4. The van der Waals surface area contributed by atoms with E-state index in [0.717, 1.165) is 19.6 Å². The SMILES string of the molecule is CCN(CC)c1ccc(C=CC=Cc2cc[n+](CCC[N+](CC)(CC)CC)cc2)cc1.[Br-].[Br-]. The molecule has 0 aliphatic heterocycles. The molecule has 0 atom stereocenters. The molecule has 0 saturated carbocycles. The predicted molar refractivity (Wildman–Crippen MR) is 136 cm³/mol.